The van der Waals surface area contributed by atoms with Crippen molar-refractivity contribution in [3.05, 3.63) is 11.6 Å². The van der Waals surface area contributed by atoms with E-state index in [9.17, 15) is 4.79 Å². The van der Waals surface area contributed by atoms with E-state index in [4.69, 9.17) is 0 Å². The molecule has 1 nitrogen and oxygen atoms in total. The van der Waals surface area contributed by atoms with E-state index in [2.05, 4.69) is 13.0 Å². The molecule has 0 spiro atoms. The van der Waals surface area contributed by atoms with Gasteiger partial charge in [0.1, 0.15) is 0 Å². The van der Waals surface area contributed by atoms with Gasteiger partial charge in [-0.2, -0.15) is 0 Å². The Hall–Kier alpha value is -0.590. The minimum Gasteiger partial charge on any atom is -0.295 e. The van der Waals surface area contributed by atoms with E-state index in [-0.39, 0.29) is 5.78 Å². The minimum atomic E-state index is 0.279. The van der Waals surface area contributed by atoms with Crippen molar-refractivity contribution in [1.29, 1.82) is 0 Å². The predicted octanol–water partition coefficient (Wildman–Crippen LogP) is 3.10. The largest absolute Gasteiger partial charge is 0.295 e. The fourth-order valence-electron chi connectivity index (χ4n) is 0.915. The van der Waals surface area contributed by atoms with Crippen LogP contribution in [0.25, 0.3) is 0 Å². The van der Waals surface area contributed by atoms with E-state index in [1.54, 1.807) is 0 Å². The number of unbranched alkanes of at least 4 members (excludes halogenated alkanes) is 2. The maximum atomic E-state index is 11.0. The molecule has 0 bridgehead atoms. The lowest BCUT2D eigenvalue weighted by Gasteiger charge is -1.96. The molecular weight excluding hydrogens is 136 g/mol. The average Bonchev–Trinajstić information content (AvgIpc) is 2.03. The molecule has 0 fully saturated rings. The van der Waals surface area contributed by atoms with E-state index in [1.807, 2.05) is 13.8 Å². The normalized spacial score (nSPS) is 11.7. The second-order valence-electron chi connectivity index (χ2n) is 2.81. The van der Waals surface area contributed by atoms with Crippen LogP contribution >= 0.6 is 0 Å². The standard InChI is InChI=1S/C10H18O/c1-4-6-7-8-9(3)10(11)5-2/h8H,4-7H2,1-3H3. The minimum absolute atomic E-state index is 0.279. The number of Topliss-reactive ketones (excluding diaryl/α,β-unsaturated/α-hetero) is 1. The second kappa shape index (κ2) is 6.14. The number of hydrogen-bond donors (Lipinski definition) is 0. The molecule has 0 saturated heterocycles. The van der Waals surface area contributed by atoms with Crippen molar-refractivity contribution in [2.75, 3.05) is 0 Å². The third-order valence-corrected chi connectivity index (χ3v) is 1.77. The lowest BCUT2D eigenvalue weighted by atomic mass is 10.1. The fourth-order valence-corrected chi connectivity index (χ4v) is 0.915. The lowest BCUT2D eigenvalue weighted by molar-refractivity contribution is -0.115. The molecule has 0 atom stereocenters. The smallest absolute Gasteiger partial charge is 0.157 e. The maximum absolute atomic E-state index is 11.0. The van der Waals surface area contributed by atoms with Crippen molar-refractivity contribution < 1.29 is 4.79 Å². The zero-order valence-electron chi connectivity index (χ0n) is 7.81. The van der Waals surface area contributed by atoms with Crippen LogP contribution in [-0.4, -0.2) is 5.78 Å². The molecule has 64 valence electrons. The van der Waals surface area contributed by atoms with Crippen molar-refractivity contribution in [2.24, 2.45) is 0 Å². The van der Waals surface area contributed by atoms with E-state index < -0.39 is 0 Å². The van der Waals surface area contributed by atoms with Gasteiger partial charge >= 0.3 is 0 Å². The first-order valence-electron chi connectivity index (χ1n) is 4.42. The molecule has 0 N–H and O–H groups in total. The highest BCUT2D eigenvalue weighted by Crippen LogP contribution is 2.03. The molecule has 0 saturated carbocycles. The zero-order valence-corrected chi connectivity index (χ0v) is 7.81. The zero-order chi connectivity index (χ0) is 8.69. The van der Waals surface area contributed by atoms with Gasteiger partial charge in [-0.1, -0.05) is 32.8 Å². The molecule has 0 heterocycles. The first-order valence-corrected chi connectivity index (χ1v) is 4.42. The van der Waals surface area contributed by atoms with Crippen LogP contribution in [0.15, 0.2) is 11.6 Å². The number of rotatable bonds is 5. The summed E-state index contributed by atoms with van der Waals surface area (Å²) in [5.74, 6) is 0.279. The van der Waals surface area contributed by atoms with Gasteiger partial charge in [0.25, 0.3) is 0 Å². The summed E-state index contributed by atoms with van der Waals surface area (Å²) in [5.41, 5.74) is 0.931. The molecule has 0 aromatic heterocycles. The third kappa shape index (κ3) is 4.77. The Balaban J connectivity index is 3.71. The predicted molar refractivity (Wildman–Crippen MR) is 48.6 cm³/mol. The van der Waals surface area contributed by atoms with Crippen LogP contribution in [-0.2, 0) is 4.79 Å². The molecule has 0 amide bonds. The van der Waals surface area contributed by atoms with Crippen molar-refractivity contribution in [3.8, 4) is 0 Å². The summed E-state index contributed by atoms with van der Waals surface area (Å²) in [7, 11) is 0. The Morgan fingerprint density at radius 2 is 2.00 bits per heavy atom. The molecule has 0 aromatic carbocycles. The molecule has 11 heavy (non-hydrogen) atoms. The van der Waals surface area contributed by atoms with Crippen LogP contribution in [0.4, 0.5) is 0 Å². The van der Waals surface area contributed by atoms with E-state index in [0.29, 0.717) is 6.42 Å². The number of hydrogen-bond acceptors (Lipinski definition) is 1. The van der Waals surface area contributed by atoms with E-state index in [0.717, 1.165) is 12.0 Å². The summed E-state index contributed by atoms with van der Waals surface area (Å²) in [6.07, 6.45) is 6.12. The van der Waals surface area contributed by atoms with Gasteiger partial charge < -0.3 is 0 Å². The Kier molecular flexibility index (Phi) is 5.81. The van der Waals surface area contributed by atoms with E-state index >= 15 is 0 Å². The first kappa shape index (κ1) is 10.4. The summed E-state index contributed by atoms with van der Waals surface area (Å²) >= 11 is 0. The molecule has 0 aliphatic heterocycles. The van der Waals surface area contributed by atoms with Crippen LogP contribution in [0.2, 0.25) is 0 Å². The van der Waals surface area contributed by atoms with Crippen LogP contribution in [0, 0.1) is 0 Å². The van der Waals surface area contributed by atoms with Gasteiger partial charge in [0.05, 0.1) is 0 Å². The number of allylic oxidation sites excluding steroid dienone is 2. The summed E-state index contributed by atoms with van der Waals surface area (Å²) in [6, 6.07) is 0. The molecule has 0 unspecified atom stereocenters. The van der Waals surface area contributed by atoms with Crippen molar-refractivity contribution >= 4 is 5.78 Å². The van der Waals surface area contributed by atoms with Crippen molar-refractivity contribution in [2.45, 2.75) is 46.5 Å². The molecule has 0 aromatic rings. The SMILES string of the molecule is CCCCC=C(C)C(=O)CC. The summed E-state index contributed by atoms with van der Waals surface area (Å²) < 4.78 is 0. The van der Waals surface area contributed by atoms with Crippen LogP contribution in [0.1, 0.15) is 46.5 Å². The maximum Gasteiger partial charge on any atom is 0.157 e. The van der Waals surface area contributed by atoms with Gasteiger partial charge in [0.2, 0.25) is 0 Å². The van der Waals surface area contributed by atoms with Gasteiger partial charge in [0.15, 0.2) is 5.78 Å². The van der Waals surface area contributed by atoms with Gasteiger partial charge in [-0.3, -0.25) is 4.79 Å². The molecular formula is C10H18O. The summed E-state index contributed by atoms with van der Waals surface area (Å²) in [4.78, 5) is 11.0. The van der Waals surface area contributed by atoms with Crippen LogP contribution in [0.5, 0.6) is 0 Å². The molecule has 0 rings (SSSR count). The third-order valence-electron chi connectivity index (χ3n) is 1.77. The van der Waals surface area contributed by atoms with Gasteiger partial charge in [0, 0.05) is 6.42 Å². The quantitative estimate of drug-likeness (QED) is 0.439. The summed E-state index contributed by atoms with van der Waals surface area (Å²) in [6.45, 7) is 5.96. The molecule has 0 aliphatic carbocycles. The second-order valence-corrected chi connectivity index (χ2v) is 2.81. The van der Waals surface area contributed by atoms with Crippen molar-refractivity contribution in [3.63, 3.8) is 0 Å². The molecule has 0 aliphatic rings. The number of carbonyl (C=O) groups excluding carboxylic acids is 1. The van der Waals surface area contributed by atoms with Gasteiger partial charge in [-0.15, -0.1) is 0 Å². The monoisotopic (exact) mass is 154 g/mol. The van der Waals surface area contributed by atoms with Crippen LogP contribution in [0.3, 0.4) is 0 Å². The van der Waals surface area contributed by atoms with Gasteiger partial charge in [-0.25, -0.2) is 0 Å². The highest BCUT2D eigenvalue weighted by atomic mass is 16.1. The fraction of sp³-hybridized carbons (Fsp3) is 0.700. The Bertz CT molecular complexity index is 145. The highest BCUT2D eigenvalue weighted by Gasteiger charge is 1.98. The first-order chi connectivity index (χ1) is 5.22. The topological polar surface area (TPSA) is 17.1 Å². The van der Waals surface area contributed by atoms with Crippen molar-refractivity contribution in [1.82, 2.24) is 0 Å². The van der Waals surface area contributed by atoms with Crippen LogP contribution < -0.4 is 0 Å². The Morgan fingerprint density at radius 1 is 1.36 bits per heavy atom. The molecule has 0 radical (unpaired) electrons. The lowest BCUT2D eigenvalue weighted by Crippen LogP contribution is -1.95. The number of carbonyl (C=O) groups is 1. The number of ketones is 1. The molecule has 1 heteroatoms. The average molecular weight is 154 g/mol. The Morgan fingerprint density at radius 3 is 2.45 bits per heavy atom. The highest BCUT2D eigenvalue weighted by molar-refractivity contribution is 5.94. The van der Waals surface area contributed by atoms with E-state index in [1.165, 1.54) is 12.8 Å². The Labute approximate surface area is 69.5 Å². The van der Waals surface area contributed by atoms with Gasteiger partial charge in [-0.05, 0) is 18.9 Å². The summed E-state index contributed by atoms with van der Waals surface area (Å²) in [5, 5.41) is 0.